The zero-order valence-electron chi connectivity index (χ0n) is 9.61. The van der Waals surface area contributed by atoms with Crippen LogP contribution in [0.15, 0.2) is 21.4 Å². The molecule has 0 fully saturated rings. The predicted octanol–water partition coefficient (Wildman–Crippen LogP) is 1.92. The number of halogens is 3. The van der Waals surface area contributed by atoms with Gasteiger partial charge in [0.1, 0.15) is 5.76 Å². The van der Waals surface area contributed by atoms with Crippen molar-refractivity contribution in [1.82, 2.24) is 15.3 Å². The SMILES string of the molecule is Cc1ncc(CNC(=O)c2ncoc2C(F)(F)F)o1. The van der Waals surface area contributed by atoms with Crippen molar-refractivity contribution in [2.24, 2.45) is 0 Å². The van der Waals surface area contributed by atoms with Crippen molar-refractivity contribution in [2.75, 3.05) is 0 Å². The van der Waals surface area contributed by atoms with Crippen molar-refractivity contribution in [2.45, 2.75) is 19.6 Å². The summed E-state index contributed by atoms with van der Waals surface area (Å²) >= 11 is 0. The first-order chi connectivity index (χ1) is 8.88. The highest BCUT2D eigenvalue weighted by Gasteiger charge is 2.40. The molecule has 0 aliphatic carbocycles. The van der Waals surface area contributed by atoms with E-state index in [1.54, 1.807) is 6.92 Å². The Labute approximate surface area is 104 Å². The number of rotatable bonds is 3. The highest BCUT2D eigenvalue weighted by atomic mass is 19.4. The van der Waals surface area contributed by atoms with E-state index in [2.05, 4.69) is 19.7 Å². The summed E-state index contributed by atoms with van der Waals surface area (Å²) in [5.74, 6) is -1.72. The topological polar surface area (TPSA) is 81.2 Å². The molecular formula is C10H8F3N3O3. The normalized spacial score (nSPS) is 11.6. The summed E-state index contributed by atoms with van der Waals surface area (Å²) in [6.45, 7) is 1.51. The third kappa shape index (κ3) is 2.92. The van der Waals surface area contributed by atoms with Gasteiger partial charge in [0.2, 0.25) is 5.76 Å². The van der Waals surface area contributed by atoms with Gasteiger partial charge in [-0.25, -0.2) is 9.97 Å². The van der Waals surface area contributed by atoms with E-state index in [4.69, 9.17) is 4.42 Å². The summed E-state index contributed by atoms with van der Waals surface area (Å²) in [6.07, 6.45) is -2.84. The number of aromatic nitrogens is 2. The first kappa shape index (κ1) is 13.1. The lowest BCUT2D eigenvalue weighted by molar-refractivity contribution is -0.153. The minimum Gasteiger partial charge on any atom is -0.444 e. The number of hydrogen-bond acceptors (Lipinski definition) is 5. The Morgan fingerprint density at radius 1 is 1.42 bits per heavy atom. The maximum Gasteiger partial charge on any atom is 0.452 e. The number of amides is 1. The Morgan fingerprint density at radius 3 is 2.74 bits per heavy atom. The fraction of sp³-hybridized carbons (Fsp3) is 0.300. The molecule has 0 aliphatic heterocycles. The van der Waals surface area contributed by atoms with Crippen molar-refractivity contribution in [3.63, 3.8) is 0 Å². The molecule has 0 saturated heterocycles. The highest BCUT2D eigenvalue weighted by Crippen LogP contribution is 2.31. The monoisotopic (exact) mass is 275 g/mol. The van der Waals surface area contributed by atoms with Crippen molar-refractivity contribution in [1.29, 1.82) is 0 Å². The molecule has 1 amide bonds. The van der Waals surface area contributed by atoms with Crippen LogP contribution in [0.1, 0.15) is 27.9 Å². The number of nitrogens with one attached hydrogen (secondary N) is 1. The molecular weight excluding hydrogens is 267 g/mol. The number of aryl methyl sites for hydroxylation is 1. The van der Waals surface area contributed by atoms with E-state index in [1.807, 2.05) is 0 Å². The summed E-state index contributed by atoms with van der Waals surface area (Å²) < 4.78 is 46.6. The largest absolute Gasteiger partial charge is 0.452 e. The van der Waals surface area contributed by atoms with E-state index in [1.165, 1.54) is 6.20 Å². The van der Waals surface area contributed by atoms with Crippen molar-refractivity contribution < 1.29 is 26.8 Å². The Bertz CT molecular complexity index is 588. The average molecular weight is 275 g/mol. The lowest BCUT2D eigenvalue weighted by Gasteiger charge is -2.05. The molecule has 1 N–H and O–H groups in total. The van der Waals surface area contributed by atoms with E-state index < -0.39 is 23.5 Å². The molecule has 2 aromatic rings. The summed E-state index contributed by atoms with van der Waals surface area (Å²) in [5.41, 5.74) is -0.816. The third-order valence-corrected chi connectivity index (χ3v) is 2.13. The molecule has 6 nitrogen and oxygen atoms in total. The maximum atomic E-state index is 12.5. The Balaban J connectivity index is 2.07. The first-order valence-electron chi connectivity index (χ1n) is 5.08. The Morgan fingerprint density at radius 2 is 2.16 bits per heavy atom. The zero-order chi connectivity index (χ0) is 14.0. The number of carbonyl (C=O) groups excluding carboxylic acids is 1. The highest BCUT2D eigenvalue weighted by molar-refractivity contribution is 5.93. The molecule has 2 rings (SSSR count). The van der Waals surface area contributed by atoms with Crippen molar-refractivity contribution in [3.8, 4) is 0 Å². The van der Waals surface area contributed by atoms with E-state index >= 15 is 0 Å². The van der Waals surface area contributed by atoms with Gasteiger partial charge in [0.05, 0.1) is 12.7 Å². The van der Waals surface area contributed by atoms with E-state index in [-0.39, 0.29) is 6.54 Å². The molecule has 102 valence electrons. The van der Waals surface area contributed by atoms with E-state index in [0.717, 1.165) is 0 Å². The van der Waals surface area contributed by atoms with Crippen LogP contribution < -0.4 is 5.32 Å². The van der Waals surface area contributed by atoms with Crippen molar-refractivity contribution >= 4 is 5.91 Å². The van der Waals surface area contributed by atoms with Crippen molar-refractivity contribution in [3.05, 3.63) is 35.7 Å². The molecule has 0 unspecified atom stereocenters. The summed E-state index contributed by atoms with van der Waals surface area (Å²) in [6, 6.07) is 0. The molecule has 0 bridgehead atoms. The van der Waals surface area contributed by atoms with Gasteiger partial charge in [0, 0.05) is 6.92 Å². The Kier molecular flexibility index (Phi) is 3.28. The van der Waals surface area contributed by atoms with Crippen LogP contribution in [0.3, 0.4) is 0 Å². The third-order valence-electron chi connectivity index (χ3n) is 2.13. The van der Waals surface area contributed by atoms with Crippen LogP contribution in [0.5, 0.6) is 0 Å². The van der Waals surface area contributed by atoms with Gasteiger partial charge in [-0.15, -0.1) is 0 Å². The van der Waals surface area contributed by atoms with Crippen LogP contribution in [0.25, 0.3) is 0 Å². The van der Waals surface area contributed by atoms with Gasteiger partial charge < -0.3 is 14.2 Å². The van der Waals surface area contributed by atoms with Crippen LogP contribution >= 0.6 is 0 Å². The molecule has 2 aromatic heterocycles. The maximum absolute atomic E-state index is 12.5. The molecule has 0 aliphatic rings. The summed E-state index contributed by atoms with van der Waals surface area (Å²) in [7, 11) is 0. The quantitative estimate of drug-likeness (QED) is 0.925. The van der Waals surface area contributed by atoms with E-state index in [0.29, 0.717) is 18.0 Å². The molecule has 0 atom stereocenters. The first-order valence-corrected chi connectivity index (χ1v) is 5.08. The number of oxazole rings is 2. The molecule has 0 radical (unpaired) electrons. The van der Waals surface area contributed by atoms with Gasteiger partial charge >= 0.3 is 6.18 Å². The second-order valence-corrected chi connectivity index (χ2v) is 3.56. The number of hydrogen-bond donors (Lipinski definition) is 1. The van der Waals surface area contributed by atoms with Crippen LogP contribution in [-0.2, 0) is 12.7 Å². The minimum atomic E-state index is -4.77. The standard InChI is InChI=1S/C10H8F3N3O3/c1-5-14-2-6(19-5)3-15-9(17)7-8(10(11,12)13)18-4-16-7/h2,4H,3H2,1H3,(H,15,17). The van der Waals surface area contributed by atoms with Gasteiger partial charge in [-0.3, -0.25) is 4.79 Å². The minimum absolute atomic E-state index is 0.0934. The lowest BCUT2D eigenvalue weighted by Crippen LogP contribution is -2.25. The van der Waals surface area contributed by atoms with Gasteiger partial charge in [-0.05, 0) is 0 Å². The molecule has 2 heterocycles. The fourth-order valence-electron chi connectivity index (χ4n) is 1.35. The number of alkyl halides is 3. The second kappa shape index (κ2) is 4.75. The van der Waals surface area contributed by atoms with Crippen LogP contribution in [0.2, 0.25) is 0 Å². The summed E-state index contributed by atoms with van der Waals surface area (Å²) in [5, 5.41) is 2.23. The molecule has 0 aromatic carbocycles. The van der Waals surface area contributed by atoms with Crippen LogP contribution in [-0.4, -0.2) is 15.9 Å². The molecule has 0 saturated carbocycles. The smallest absolute Gasteiger partial charge is 0.444 e. The molecule has 9 heteroatoms. The fourth-order valence-corrected chi connectivity index (χ4v) is 1.35. The number of carbonyl (C=O) groups is 1. The second-order valence-electron chi connectivity index (χ2n) is 3.56. The number of nitrogens with zero attached hydrogens (tertiary/aromatic N) is 2. The van der Waals surface area contributed by atoms with Crippen LogP contribution in [0.4, 0.5) is 13.2 Å². The van der Waals surface area contributed by atoms with E-state index in [9.17, 15) is 18.0 Å². The lowest BCUT2D eigenvalue weighted by atomic mass is 10.3. The van der Waals surface area contributed by atoms with Gasteiger partial charge in [0.15, 0.2) is 18.0 Å². The molecule has 0 spiro atoms. The predicted molar refractivity (Wildman–Crippen MR) is 53.9 cm³/mol. The molecule has 19 heavy (non-hydrogen) atoms. The van der Waals surface area contributed by atoms with Gasteiger partial charge in [-0.1, -0.05) is 0 Å². The van der Waals surface area contributed by atoms with Crippen LogP contribution in [0, 0.1) is 6.92 Å². The van der Waals surface area contributed by atoms with Gasteiger partial charge in [-0.2, -0.15) is 13.2 Å². The summed E-state index contributed by atoms with van der Waals surface area (Å²) in [4.78, 5) is 18.6. The Hall–Kier alpha value is -2.32. The van der Waals surface area contributed by atoms with Gasteiger partial charge in [0.25, 0.3) is 5.91 Å². The average Bonchev–Trinajstić information content (AvgIpc) is 2.93. The zero-order valence-corrected chi connectivity index (χ0v) is 9.61.